The number of hydrogen-bond acceptors (Lipinski definition) is 5. The molecule has 1 aromatic heterocycles. The number of rotatable bonds is 4. The average Bonchev–Trinajstić information content (AvgIpc) is 2.61. The van der Waals surface area contributed by atoms with Gasteiger partial charge in [-0.3, -0.25) is 10.1 Å². The minimum absolute atomic E-state index is 0.144. The largest absolute Gasteiger partial charge is 0.484 e. The van der Waals surface area contributed by atoms with Crippen LogP contribution in [0, 0.1) is 0 Å². The van der Waals surface area contributed by atoms with Gasteiger partial charge in [0.05, 0.1) is 0 Å². The van der Waals surface area contributed by atoms with Crippen LogP contribution in [0.25, 0.3) is 11.0 Å². The van der Waals surface area contributed by atoms with Gasteiger partial charge in [-0.1, -0.05) is 18.2 Å². The van der Waals surface area contributed by atoms with Crippen LogP contribution in [0.1, 0.15) is 0 Å². The molecule has 1 heterocycles. The van der Waals surface area contributed by atoms with E-state index in [0.29, 0.717) is 17.0 Å². The molecule has 0 unspecified atom stereocenters. The van der Waals surface area contributed by atoms with Gasteiger partial charge >= 0.3 is 5.63 Å². The van der Waals surface area contributed by atoms with E-state index in [9.17, 15) is 9.59 Å². The van der Waals surface area contributed by atoms with Crippen LogP contribution in [0.3, 0.4) is 0 Å². The first-order valence-electron chi connectivity index (χ1n) is 7.43. The maximum absolute atomic E-state index is 11.9. The summed E-state index contributed by atoms with van der Waals surface area (Å²) in [6.45, 7) is -0.144. The lowest BCUT2D eigenvalue weighted by molar-refractivity contribution is -0.121. The molecule has 0 aliphatic heterocycles. The molecule has 3 rings (SSSR count). The quantitative estimate of drug-likeness (QED) is 0.554. The first kappa shape index (κ1) is 16.7. The summed E-state index contributed by atoms with van der Waals surface area (Å²) in [7, 11) is 0. The summed E-state index contributed by atoms with van der Waals surface area (Å²) < 4.78 is 10.4. The Kier molecular flexibility index (Phi) is 5.06. The second kappa shape index (κ2) is 7.59. The average molecular weight is 354 g/mol. The van der Waals surface area contributed by atoms with Gasteiger partial charge in [-0.05, 0) is 48.6 Å². The fraction of sp³-hybridized carbons (Fsp3) is 0.0556. The smallest absolute Gasteiger partial charge is 0.336 e. The summed E-state index contributed by atoms with van der Waals surface area (Å²) in [5.74, 6) is 0.237. The standard InChI is InChI=1S/C18H14N2O4S/c21-16(11-23-14-4-2-1-3-5-14)20-18(25)19-13-7-8-15-12(10-13)6-9-17(22)24-15/h1-10H,11H2,(H2,19,20,21,25). The molecule has 2 aromatic carbocycles. The summed E-state index contributed by atoms with van der Waals surface area (Å²) in [6, 6.07) is 17.1. The highest BCUT2D eigenvalue weighted by molar-refractivity contribution is 7.80. The van der Waals surface area contributed by atoms with Gasteiger partial charge in [-0.25, -0.2) is 4.79 Å². The Morgan fingerprint density at radius 1 is 1.08 bits per heavy atom. The van der Waals surface area contributed by atoms with Crippen LogP contribution >= 0.6 is 12.2 Å². The first-order valence-corrected chi connectivity index (χ1v) is 7.83. The lowest BCUT2D eigenvalue weighted by Gasteiger charge is -2.10. The number of nitrogens with one attached hydrogen (secondary N) is 2. The third kappa shape index (κ3) is 4.65. The molecule has 0 saturated heterocycles. The van der Waals surface area contributed by atoms with Crippen molar-refractivity contribution in [2.45, 2.75) is 0 Å². The predicted molar refractivity (Wildman–Crippen MR) is 98.8 cm³/mol. The Labute approximate surface area is 148 Å². The highest BCUT2D eigenvalue weighted by Crippen LogP contribution is 2.17. The van der Waals surface area contributed by atoms with Crippen molar-refractivity contribution in [2.24, 2.45) is 0 Å². The van der Waals surface area contributed by atoms with Gasteiger partial charge < -0.3 is 14.5 Å². The zero-order chi connectivity index (χ0) is 17.6. The fourth-order valence-corrected chi connectivity index (χ4v) is 2.37. The Balaban J connectivity index is 1.56. The van der Waals surface area contributed by atoms with Gasteiger partial charge in [0.25, 0.3) is 5.91 Å². The number of para-hydroxylation sites is 1. The van der Waals surface area contributed by atoms with Gasteiger partial charge in [-0.15, -0.1) is 0 Å². The molecule has 0 radical (unpaired) electrons. The molecule has 25 heavy (non-hydrogen) atoms. The number of benzene rings is 2. The van der Waals surface area contributed by atoms with Crippen molar-refractivity contribution in [1.29, 1.82) is 0 Å². The van der Waals surface area contributed by atoms with E-state index in [0.717, 1.165) is 5.39 Å². The number of anilines is 1. The van der Waals surface area contributed by atoms with E-state index in [-0.39, 0.29) is 17.6 Å². The van der Waals surface area contributed by atoms with Crippen molar-refractivity contribution in [1.82, 2.24) is 5.32 Å². The molecule has 0 bridgehead atoms. The summed E-state index contributed by atoms with van der Waals surface area (Å²) in [6.07, 6.45) is 0. The van der Waals surface area contributed by atoms with E-state index in [1.165, 1.54) is 6.07 Å². The van der Waals surface area contributed by atoms with Crippen LogP contribution in [-0.2, 0) is 4.79 Å². The third-order valence-corrected chi connectivity index (χ3v) is 3.45. The number of amides is 1. The van der Waals surface area contributed by atoms with Gasteiger partial charge in [0.1, 0.15) is 11.3 Å². The van der Waals surface area contributed by atoms with Crippen molar-refractivity contribution in [3.8, 4) is 5.75 Å². The molecule has 6 nitrogen and oxygen atoms in total. The molecule has 1 amide bonds. The minimum atomic E-state index is -0.408. The molecule has 0 fully saturated rings. The Morgan fingerprint density at radius 2 is 1.88 bits per heavy atom. The third-order valence-electron chi connectivity index (χ3n) is 3.24. The molecule has 126 valence electrons. The van der Waals surface area contributed by atoms with Crippen LogP contribution in [0.5, 0.6) is 5.75 Å². The van der Waals surface area contributed by atoms with Crippen molar-refractivity contribution in [3.63, 3.8) is 0 Å². The van der Waals surface area contributed by atoms with Crippen LogP contribution in [0.4, 0.5) is 5.69 Å². The zero-order valence-corrected chi connectivity index (χ0v) is 13.8. The maximum Gasteiger partial charge on any atom is 0.336 e. The molecule has 0 atom stereocenters. The number of carbonyl (C=O) groups is 1. The molecule has 0 aliphatic rings. The SMILES string of the molecule is O=C(COc1ccccc1)NC(=S)Nc1ccc2oc(=O)ccc2c1. The van der Waals surface area contributed by atoms with Crippen molar-refractivity contribution < 1.29 is 13.9 Å². The normalized spacial score (nSPS) is 10.2. The van der Waals surface area contributed by atoms with E-state index in [1.54, 1.807) is 36.4 Å². The highest BCUT2D eigenvalue weighted by atomic mass is 32.1. The zero-order valence-electron chi connectivity index (χ0n) is 13.0. The second-order valence-electron chi connectivity index (χ2n) is 5.11. The summed E-state index contributed by atoms with van der Waals surface area (Å²) in [5.41, 5.74) is 0.731. The lowest BCUT2D eigenvalue weighted by atomic mass is 10.2. The summed E-state index contributed by atoms with van der Waals surface area (Å²) in [4.78, 5) is 23.0. The predicted octanol–water partition coefficient (Wildman–Crippen LogP) is 2.69. The number of ether oxygens (including phenoxy) is 1. The van der Waals surface area contributed by atoms with E-state index < -0.39 is 5.63 Å². The molecule has 3 aromatic rings. The molecular formula is C18H14N2O4S. The molecular weight excluding hydrogens is 340 g/mol. The number of carbonyl (C=O) groups excluding carboxylic acids is 1. The van der Waals surface area contributed by atoms with E-state index >= 15 is 0 Å². The van der Waals surface area contributed by atoms with Gasteiger partial charge in [-0.2, -0.15) is 0 Å². The Hall–Kier alpha value is -3.19. The molecule has 0 spiro atoms. The van der Waals surface area contributed by atoms with Gasteiger partial charge in [0.15, 0.2) is 11.7 Å². The molecule has 0 aliphatic carbocycles. The van der Waals surface area contributed by atoms with E-state index in [2.05, 4.69) is 10.6 Å². The topological polar surface area (TPSA) is 80.6 Å². The lowest BCUT2D eigenvalue weighted by Crippen LogP contribution is -2.37. The van der Waals surface area contributed by atoms with Gasteiger partial charge in [0.2, 0.25) is 0 Å². The Bertz CT molecular complexity index is 969. The second-order valence-corrected chi connectivity index (χ2v) is 5.52. The van der Waals surface area contributed by atoms with Crippen molar-refractivity contribution >= 4 is 39.9 Å². The van der Waals surface area contributed by atoms with Crippen molar-refractivity contribution in [2.75, 3.05) is 11.9 Å². The fourth-order valence-electron chi connectivity index (χ4n) is 2.14. The number of thiocarbonyl (C=S) groups is 1. The van der Waals surface area contributed by atoms with E-state index in [1.807, 2.05) is 18.2 Å². The maximum atomic E-state index is 11.9. The molecule has 7 heteroatoms. The Morgan fingerprint density at radius 3 is 2.68 bits per heavy atom. The highest BCUT2D eigenvalue weighted by Gasteiger charge is 2.07. The molecule has 0 saturated carbocycles. The first-order chi connectivity index (χ1) is 12.1. The van der Waals surface area contributed by atoms with E-state index in [4.69, 9.17) is 21.4 Å². The summed E-state index contributed by atoms with van der Waals surface area (Å²) >= 11 is 5.11. The molecule has 2 N–H and O–H groups in total. The van der Waals surface area contributed by atoms with Crippen LogP contribution in [0.15, 0.2) is 69.9 Å². The number of hydrogen-bond donors (Lipinski definition) is 2. The minimum Gasteiger partial charge on any atom is -0.484 e. The summed E-state index contributed by atoms with van der Waals surface area (Å²) in [5, 5.41) is 6.33. The monoisotopic (exact) mass is 354 g/mol. The number of fused-ring (bicyclic) bond motifs is 1. The van der Waals surface area contributed by atoms with Crippen molar-refractivity contribution in [3.05, 3.63) is 71.1 Å². The van der Waals surface area contributed by atoms with Crippen LogP contribution in [0.2, 0.25) is 0 Å². The van der Waals surface area contributed by atoms with Gasteiger partial charge in [0, 0.05) is 17.1 Å². The van der Waals surface area contributed by atoms with Crippen LogP contribution < -0.4 is 21.0 Å². The van der Waals surface area contributed by atoms with Crippen LogP contribution in [-0.4, -0.2) is 17.6 Å².